The Morgan fingerprint density at radius 2 is 2.11 bits per heavy atom. The molecular weight excluding hydrogens is 359 g/mol. The van der Waals surface area contributed by atoms with E-state index in [1.54, 1.807) is 18.3 Å². The first kappa shape index (κ1) is 18.0. The van der Waals surface area contributed by atoms with Crippen molar-refractivity contribution in [3.05, 3.63) is 60.0 Å². The van der Waals surface area contributed by atoms with Crippen LogP contribution in [-0.2, 0) is 9.59 Å². The molecule has 6 nitrogen and oxygen atoms in total. The number of nitrogens with zero attached hydrogens (tertiary/aromatic N) is 1. The zero-order chi connectivity index (χ0) is 19.7. The van der Waals surface area contributed by atoms with Gasteiger partial charge >= 0.3 is 0 Å². The minimum absolute atomic E-state index is 0.198. The summed E-state index contributed by atoms with van der Waals surface area (Å²) in [5.41, 5.74) is 8.46. The maximum Gasteiger partial charge on any atom is 0.257 e. The van der Waals surface area contributed by atoms with Crippen LogP contribution in [0.25, 0.3) is 5.57 Å². The summed E-state index contributed by atoms with van der Waals surface area (Å²) in [5, 5.41) is 5.80. The molecule has 144 valence electrons. The number of hydrogen-bond acceptors (Lipinski definition) is 4. The Hall–Kier alpha value is -3.35. The topological polar surface area (TPSA) is 87.5 Å². The van der Waals surface area contributed by atoms with Crippen LogP contribution >= 0.6 is 0 Å². The van der Waals surface area contributed by atoms with Gasteiger partial charge in [0.25, 0.3) is 5.91 Å². The summed E-state index contributed by atoms with van der Waals surface area (Å²) in [6.07, 6.45) is 3.12. The Balaban J connectivity index is 1.51. The molecule has 7 heteroatoms. The van der Waals surface area contributed by atoms with Crippen molar-refractivity contribution in [3.8, 4) is 0 Å². The Morgan fingerprint density at radius 3 is 2.89 bits per heavy atom. The van der Waals surface area contributed by atoms with E-state index in [1.807, 2.05) is 29.2 Å². The maximum atomic E-state index is 14.7. The normalized spacial score (nSPS) is 20.0. The third-order valence-electron chi connectivity index (χ3n) is 5.21. The highest BCUT2D eigenvalue weighted by molar-refractivity contribution is 6.31. The molecule has 2 aliphatic rings. The monoisotopic (exact) mass is 380 g/mol. The number of para-hydroxylation sites is 1. The number of amides is 2. The Morgan fingerprint density at radius 1 is 1.29 bits per heavy atom. The van der Waals surface area contributed by atoms with Crippen LogP contribution in [0.15, 0.2) is 48.7 Å². The molecule has 2 aliphatic heterocycles. The number of hydrogen-bond donors (Lipinski definition) is 3. The van der Waals surface area contributed by atoms with Crippen LogP contribution in [0.4, 0.5) is 21.5 Å². The molecule has 1 unspecified atom stereocenters. The Kier molecular flexibility index (Phi) is 4.73. The van der Waals surface area contributed by atoms with E-state index < -0.39 is 0 Å². The summed E-state index contributed by atoms with van der Waals surface area (Å²) < 4.78 is 14.7. The molecular formula is C21H21FN4O2. The third kappa shape index (κ3) is 3.43. The van der Waals surface area contributed by atoms with Crippen LogP contribution in [-0.4, -0.2) is 24.9 Å². The van der Waals surface area contributed by atoms with Gasteiger partial charge in [-0.15, -0.1) is 0 Å². The van der Waals surface area contributed by atoms with Crippen molar-refractivity contribution >= 4 is 34.4 Å². The lowest BCUT2D eigenvalue weighted by Crippen LogP contribution is -2.41. The van der Waals surface area contributed by atoms with E-state index in [1.165, 1.54) is 6.07 Å². The number of fused-ring (bicyclic) bond motifs is 1. The molecule has 0 aromatic heterocycles. The van der Waals surface area contributed by atoms with Crippen LogP contribution in [0.1, 0.15) is 18.4 Å². The number of nitrogens with one attached hydrogen (secondary N) is 2. The maximum absolute atomic E-state index is 14.7. The van der Waals surface area contributed by atoms with Gasteiger partial charge in [0.2, 0.25) is 5.91 Å². The highest BCUT2D eigenvalue weighted by atomic mass is 19.1. The van der Waals surface area contributed by atoms with Gasteiger partial charge in [-0.1, -0.05) is 18.2 Å². The number of primary amides is 1. The molecule has 1 saturated heterocycles. The van der Waals surface area contributed by atoms with Gasteiger partial charge in [-0.05, 0) is 37.1 Å². The van der Waals surface area contributed by atoms with Crippen LogP contribution < -0.4 is 21.3 Å². The summed E-state index contributed by atoms with van der Waals surface area (Å²) in [7, 11) is 0. The number of anilines is 3. The van der Waals surface area contributed by atoms with E-state index in [9.17, 15) is 14.0 Å². The van der Waals surface area contributed by atoms with Gasteiger partial charge in [-0.3, -0.25) is 9.59 Å². The van der Waals surface area contributed by atoms with Gasteiger partial charge in [0.05, 0.1) is 17.2 Å². The lowest BCUT2D eigenvalue weighted by Gasteiger charge is -2.33. The fourth-order valence-corrected chi connectivity index (χ4v) is 3.72. The van der Waals surface area contributed by atoms with Crippen molar-refractivity contribution in [2.75, 3.05) is 28.6 Å². The van der Waals surface area contributed by atoms with E-state index in [2.05, 4.69) is 10.6 Å². The molecule has 0 radical (unpaired) electrons. The lowest BCUT2D eigenvalue weighted by atomic mass is 9.97. The Bertz CT molecular complexity index is 973. The van der Waals surface area contributed by atoms with E-state index in [0.29, 0.717) is 30.0 Å². The summed E-state index contributed by atoms with van der Waals surface area (Å²) in [4.78, 5) is 25.4. The predicted molar refractivity (Wildman–Crippen MR) is 107 cm³/mol. The quantitative estimate of drug-likeness (QED) is 0.712. The summed E-state index contributed by atoms with van der Waals surface area (Å²) in [6.45, 7) is 1.12. The van der Waals surface area contributed by atoms with Crippen molar-refractivity contribution in [2.24, 2.45) is 11.7 Å². The number of nitrogens with two attached hydrogens (primary N) is 1. The largest absolute Gasteiger partial charge is 0.369 e. The second kappa shape index (κ2) is 7.34. The van der Waals surface area contributed by atoms with E-state index in [0.717, 1.165) is 24.1 Å². The van der Waals surface area contributed by atoms with Gasteiger partial charge in [-0.25, -0.2) is 4.39 Å². The van der Waals surface area contributed by atoms with Gasteiger partial charge < -0.3 is 21.3 Å². The van der Waals surface area contributed by atoms with Gasteiger partial charge in [0.1, 0.15) is 5.82 Å². The van der Waals surface area contributed by atoms with Crippen LogP contribution in [0.2, 0.25) is 0 Å². The second-order valence-corrected chi connectivity index (χ2v) is 7.06. The van der Waals surface area contributed by atoms with Crippen molar-refractivity contribution < 1.29 is 14.0 Å². The van der Waals surface area contributed by atoms with Crippen LogP contribution in [0.3, 0.4) is 0 Å². The molecule has 4 rings (SSSR count). The Labute approximate surface area is 162 Å². The number of benzene rings is 2. The zero-order valence-corrected chi connectivity index (χ0v) is 15.2. The lowest BCUT2D eigenvalue weighted by molar-refractivity contribution is -0.122. The summed E-state index contributed by atoms with van der Waals surface area (Å²) in [5.74, 6) is -1.18. The summed E-state index contributed by atoms with van der Waals surface area (Å²) in [6, 6.07) is 12.2. The summed E-state index contributed by atoms with van der Waals surface area (Å²) >= 11 is 0. The first-order chi connectivity index (χ1) is 13.5. The molecule has 2 amide bonds. The minimum Gasteiger partial charge on any atom is -0.369 e. The van der Waals surface area contributed by atoms with E-state index in [-0.39, 0.29) is 23.5 Å². The number of halogens is 1. The molecule has 2 heterocycles. The molecule has 2 aromatic carbocycles. The molecule has 0 saturated carbocycles. The molecule has 1 atom stereocenters. The number of piperidine rings is 1. The molecule has 0 bridgehead atoms. The second-order valence-electron chi connectivity index (χ2n) is 7.06. The molecule has 4 N–H and O–H groups in total. The smallest absolute Gasteiger partial charge is 0.257 e. The minimum atomic E-state index is -0.384. The van der Waals surface area contributed by atoms with Crippen molar-refractivity contribution in [2.45, 2.75) is 12.8 Å². The van der Waals surface area contributed by atoms with E-state index in [4.69, 9.17) is 5.73 Å². The SMILES string of the molecule is NC(=O)C1CCCN(c2ccc(NC=C3C(=O)Nc4ccccc43)cc2F)C1. The average molecular weight is 380 g/mol. The standard InChI is InChI=1S/C21H21FN4O2/c22-17-10-14(7-8-19(17)26-9-3-4-13(12-26)20(23)27)24-11-16-15-5-1-2-6-18(15)25-21(16)28/h1-2,5-8,10-11,13,24H,3-4,9,12H2,(H2,23,27)(H,25,28). The number of rotatable bonds is 4. The molecule has 1 fully saturated rings. The first-order valence-electron chi connectivity index (χ1n) is 9.24. The molecule has 28 heavy (non-hydrogen) atoms. The van der Waals surface area contributed by atoms with Gasteiger partial charge in [-0.2, -0.15) is 0 Å². The number of carbonyl (C=O) groups excluding carboxylic acids is 2. The number of carbonyl (C=O) groups is 2. The van der Waals surface area contributed by atoms with Crippen LogP contribution in [0.5, 0.6) is 0 Å². The van der Waals surface area contributed by atoms with Gasteiger partial charge in [0.15, 0.2) is 0 Å². The first-order valence-corrected chi connectivity index (χ1v) is 9.24. The van der Waals surface area contributed by atoms with Gasteiger partial charge in [0, 0.05) is 36.2 Å². The molecule has 2 aromatic rings. The predicted octanol–water partition coefficient (Wildman–Crippen LogP) is 2.93. The van der Waals surface area contributed by atoms with Crippen molar-refractivity contribution in [1.29, 1.82) is 0 Å². The molecule has 0 spiro atoms. The van der Waals surface area contributed by atoms with Crippen molar-refractivity contribution in [1.82, 2.24) is 0 Å². The zero-order valence-electron chi connectivity index (χ0n) is 15.2. The fraction of sp³-hybridized carbons (Fsp3) is 0.238. The average Bonchev–Trinajstić information content (AvgIpc) is 3.01. The third-order valence-corrected chi connectivity index (χ3v) is 5.21. The highest BCUT2D eigenvalue weighted by Gasteiger charge is 2.26. The highest BCUT2D eigenvalue weighted by Crippen LogP contribution is 2.32. The van der Waals surface area contributed by atoms with Crippen molar-refractivity contribution in [3.63, 3.8) is 0 Å². The van der Waals surface area contributed by atoms with E-state index >= 15 is 0 Å². The van der Waals surface area contributed by atoms with Crippen LogP contribution in [0, 0.1) is 11.7 Å². The molecule has 0 aliphatic carbocycles. The fourth-order valence-electron chi connectivity index (χ4n) is 3.72.